The number of ether oxygens (including phenoxy) is 4. The van der Waals surface area contributed by atoms with E-state index >= 15 is 0 Å². The van der Waals surface area contributed by atoms with Crippen LogP contribution in [0.25, 0.3) is 33.4 Å². The molecule has 0 bridgehead atoms. The Morgan fingerprint density at radius 2 is 0.675 bits per heavy atom. The summed E-state index contributed by atoms with van der Waals surface area (Å²) in [5, 5.41) is 20.7. The summed E-state index contributed by atoms with van der Waals surface area (Å²) in [5.74, 6) is 3.42. The van der Waals surface area contributed by atoms with Crippen molar-refractivity contribution in [1.82, 2.24) is 0 Å². The lowest BCUT2D eigenvalue weighted by molar-refractivity contribution is 0.317. The molecule has 0 aliphatic heterocycles. The molecule has 0 spiro atoms. The Bertz CT molecular complexity index is 3540. The third kappa shape index (κ3) is 15.5. The number of rotatable bonds is 27. The van der Waals surface area contributed by atoms with Crippen LogP contribution in [0.5, 0.6) is 23.0 Å². The van der Waals surface area contributed by atoms with E-state index in [0.29, 0.717) is 38.3 Å². The first-order valence-corrected chi connectivity index (χ1v) is 29.7. The molecule has 9 aromatic carbocycles. The maximum Gasteiger partial charge on any atom is 0.488 e. The zero-order chi connectivity index (χ0) is 57.8. The highest BCUT2D eigenvalue weighted by atomic mass is 16.5. The van der Waals surface area contributed by atoms with Gasteiger partial charge in [-0.1, -0.05) is 203 Å². The van der Waals surface area contributed by atoms with Gasteiger partial charge in [-0.2, -0.15) is 0 Å². The number of hydrogen-bond acceptors (Lipinski definition) is 6. The van der Waals surface area contributed by atoms with Crippen LogP contribution in [-0.4, -0.2) is 43.6 Å². The topological polar surface area (TPSA) is 77.4 Å². The van der Waals surface area contributed by atoms with E-state index < -0.39 is 7.12 Å². The predicted octanol–water partition coefficient (Wildman–Crippen LogP) is 17.3. The maximum absolute atomic E-state index is 10.3. The van der Waals surface area contributed by atoms with Crippen molar-refractivity contribution >= 4 is 46.0 Å². The molecule has 0 saturated carbocycles. The highest BCUT2D eigenvalue weighted by molar-refractivity contribution is 6.58. The van der Waals surface area contributed by atoms with Gasteiger partial charge in [-0.15, -0.1) is 0 Å². The molecule has 0 aliphatic rings. The third-order valence-corrected chi connectivity index (χ3v) is 14.9. The van der Waals surface area contributed by atoms with Crippen LogP contribution < -0.4 is 24.4 Å². The zero-order valence-corrected chi connectivity index (χ0v) is 48.8. The van der Waals surface area contributed by atoms with Crippen molar-refractivity contribution in [3.05, 3.63) is 292 Å². The van der Waals surface area contributed by atoms with Crippen LogP contribution in [0.2, 0.25) is 0 Å². The van der Waals surface area contributed by atoms with Crippen LogP contribution in [0.15, 0.2) is 231 Å². The minimum absolute atomic E-state index is 0.455. The second-order valence-corrected chi connectivity index (χ2v) is 20.7. The summed E-state index contributed by atoms with van der Waals surface area (Å²) in [6.45, 7) is 13.0. The van der Waals surface area contributed by atoms with Crippen LogP contribution in [-0.2, 0) is 12.8 Å². The quantitative estimate of drug-likeness (QED) is 0.0395. The second kappa shape index (κ2) is 29.9. The van der Waals surface area contributed by atoms with Crippen molar-refractivity contribution in [3.63, 3.8) is 0 Å². The Kier molecular flexibility index (Phi) is 21.3. The standard InChI is InChI=1S/C76H77BO6/c1-6-50-82-68-46-42-61(43-47-68)74(71(8-3)64-25-18-29-70(53-64)83-51-7-2)59-36-30-55(31-37-59)35-49-73(65-26-19-28-69(54-65)81-10-5)76(62-40-44-67(45-41-62)80-9-4)60-38-32-56(33-39-60)34-48-72(63-24-17-27-66(52-63)77(78)79)75(57-20-13-11-14-21-57)58-22-15-12-16-23-58/h11-33,36-47,52-54,78-79H,6-10,34-35,48-51H2,1-5H3/b74-71+,76-73+. The monoisotopic (exact) mass is 1100 g/mol. The Hall–Kier alpha value is -8.62. The number of benzene rings is 9. The van der Waals surface area contributed by atoms with E-state index in [4.69, 9.17) is 18.9 Å². The summed E-state index contributed by atoms with van der Waals surface area (Å²) in [7, 11) is -1.58. The summed E-state index contributed by atoms with van der Waals surface area (Å²) >= 11 is 0. The largest absolute Gasteiger partial charge is 0.494 e. The number of aryl methyl sites for hydroxylation is 2. The van der Waals surface area contributed by atoms with Gasteiger partial charge in [0, 0.05) is 0 Å². The minimum atomic E-state index is -1.58. The van der Waals surface area contributed by atoms with Crippen LogP contribution in [0.1, 0.15) is 128 Å². The predicted molar refractivity (Wildman–Crippen MR) is 346 cm³/mol. The van der Waals surface area contributed by atoms with Gasteiger partial charge in [0.1, 0.15) is 23.0 Å². The molecule has 0 saturated heterocycles. The molecule has 0 radical (unpaired) electrons. The van der Waals surface area contributed by atoms with Gasteiger partial charge in [0.15, 0.2) is 0 Å². The van der Waals surface area contributed by atoms with E-state index in [1.807, 2.05) is 50.2 Å². The van der Waals surface area contributed by atoms with Gasteiger partial charge >= 0.3 is 7.12 Å². The first-order chi connectivity index (χ1) is 40.8. The van der Waals surface area contributed by atoms with Crippen molar-refractivity contribution in [2.75, 3.05) is 26.4 Å². The van der Waals surface area contributed by atoms with E-state index in [1.165, 1.54) is 27.8 Å². The molecule has 0 amide bonds. The Balaban J connectivity index is 1.11. The first-order valence-electron chi connectivity index (χ1n) is 29.7. The van der Waals surface area contributed by atoms with Crippen LogP contribution >= 0.6 is 0 Å². The van der Waals surface area contributed by atoms with Gasteiger partial charge in [-0.05, 0) is 207 Å². The number of allylic oxidation sites excluding steroid dienone is 3. The Labute approximate surface area is 493 Å². The number of hydrogen-bond donors (Lipinski definition) is 2. The molecule has 7 heteroatoms. The molecule has 9 rings (SSSR count). The van der Waals surface area contributed by atoms with E-state index in [2.05, 4.69) is 209 Å². The summed E-state index contributed by atoms with van der Waals surface area (Å²) in [6, 6.07) is 81.1. The SMILES string of the molecule is CCCOc1ccc(/C(=C(\CC)c2cccc(OCCC)c2)c2ccc(CC/C(=C(/c3ccc(CCC(=C(c4ccccc4)c4ccccc4)c4cccc(B(O)O)c4)cc3)c3ccc(OCC)cc3)c3cccc(OCC)c3)cc2)cc1. The molecule has 0 aromatic heterocycles. The Morgan fingerprint density at radius 3 is 1.11 bits per heavy atom. The lowest BCUT2D eigenvalue weighted by atomic mass is 9.77. The molecule has 0 heterocycles. The molecule has 0 aliphatic carbocycles. The van der Waals surface area contributed by atoms with E-state index in [9.17, 15) is 10.0 Å². The van der Waals surface area contributed by atoms with Gasteiger partial charge in [0.25, 0.3) is 0 Å². The summed E-state index contributed by atoms with van der Waals surface area (Å²) in [6.07, 6.45) is 5.74. The highest BCUT2D eigenvalue weighted by Crippen LogP contribution is 2.41. The summed E-state index contributed by atoms with van der Waals surface area (Å²) in [5.41, 5.74) is 19.8. The average Bonchev–Trinajstić information content (AvgIpc) is 3.52. The lowest BCUT2D eigenvalue weighted by Crippen LogP contribution is -2.29. The normalized spacial score (nSPS) is 11.7. The van der Waals surface area contributed by atoms with Gasteiger partial charge in [-0.3, -0.25) is 0 Å². The van der Waals surface area contributed by atoms with Crippen molar-refractivity contribution in [2.45, 2.75) is 79.6 Å². The lowest BCUT2D eigenvalue weighted by Gasteiger charge is -2.20. The molecule has 0 unspecified atom stereocenters. The van der Waals surface area contributed by atoms with E-state index in [0.717, 1.165) is 128 Å². The molecule has 83 heavy (non-hydrogen) atoms. The molecule has 420 valence electrons. The highest BCUT2D eigenvalue weighted by Gasteiger charge is 2.21. The maximum atomic E-state index is 10.3. The fraction of sp³-hybridized carbons (Fsp3) is 0.211. The minimum Gasteiger partial charge on any atom is -0.494 e. The van der Waals surface area contributed by atoms with Gasteiger partial charge in [0.2, 0.25) is 0 Å². The van der Waals surface area contributed by atoms with Crippen molar-refractivity contribution < 1.29 is 29.0 Å². The van der Waals surface area contributed by atoms with Crippen molar-refractivity contribution in [1.29, 1.82) is 0 Å². The molecule has 9 aromatic rings. The molecule has 6 nitrogen and oxygen atoms in total. The zero-order valence-electron chi connectivity index (χ0n) is 48.8. The molecular formula is C76H77BO6. The van der Waals surface area contributed by atoms with Gasteiger partial charge < -0.3 is 29.0 Å². The van der Waals surface area contributed by atoms with Crippen LogP contribution in [0.4, 0.5) is 0 Å². The van der Waals surface area contributed by atoms with Gasteiger partial charge in [0.05, 0.1) is 26.4 Å². The smallest absolute Gasteiger partial charge is 0.488 e. The van der Waals surface area contributed by atoms with Crippen LogP contribution in [0, 0.1) is 0 Å². The van der Waals surface area contributed by atoms with E-state index in [-0.39, 0.29) is 0 Å². The molecule has 0 fully saturated rings. The van der Waals surface area contributed by atoms with Crippen LogP contribution in [0.3, 0.4) is 0 Å². The summed E-state index contributed by atoms with van der Waals surface area (Å²) in [4.78, 5) is 0. The third-order valence-electron chi connectivity index (χ3n) is 14.9. The van der Waals surface area contributed by atoms with Gasteiger partial charge in [-0.25, -0.2) is 0 Å². The van der Waals surface area contributed by atoms with Crippen molar-refractivity contribution in [2.24, 2.45) is 0 Å². The summed E-state index contributed by atoms with van der Waals surface area (Å²) < 4.78 is 24.3. The first kappa shape index (κ1) is 59.0. The molecular weight excluding hydrogens is 1020 g/mol. The fourth-order valence-electron chi connectivity index (χ4n) is 11.0. The molecule has 2 N–H and O–H groups in total. The van der Waals surface area contributed by atoms with Crippen molar-refractivity contribution in [3.8, 4) is 23.0 Å². The van der Waals surface area contributed by atoms with E-state index in [1.54, 1.807) is 6.07 Å². The molecule has 0 atom stereocenters. The average molecular weight is 1100 g/mol. The Morgan fingerprint density at radius 1 is 0.325 bits per heavy atom. The fourth-order valence-corrected chi connectivity index (χ4v) is 11.0. The second-order valence-electron chi connectivity index (χ2n) is 20.7.